The van der Waals surface area contributed by atoms with Crippen LogP contribution in [0.15, 0.2) is 18.2 Å². The van der Waals surface area contributed by atoms with Gasteiger partial charge >= 0.3 is 0 Å². The molecule has 2 amide bonds. The van der Waals surface area contributed by atoms with Crippen LogP contribution in [0.25, 0.3) is 0 Å². The molecule has 2 saturated heterocycles. The molecule has 6 heteroatoms. The van der Waals surface area contributed by atoms with Crippen LogP contribution in [0.3, 0.4) is 0 Å². The molecule has 152 valence electrons. The van der Waals surface area contributed by atoms with Crippen LogP contribution in [0.1, 0.15) is 57.4 Å². The van der Waals surface area contributed by atoms with E-state index in [4.69, 9.17) is 9.94 Å². The van der Waals surface area contributed by atoms with E-state index in [1.54, 1.807) is 11.5 Å². The highest BCUT2D eigenvalue weighted by molar-refractivity contribution is 5.93. The van der Waals surface area contributed by atoms with Crippen LogP contribution in [-0.4, -0.2) is 48.2 Å². The lowest BCUT2D eigenvalue weighted by Gasteiger charge is -2.47. The summed E-state index contributed by atoms with van der Waals surface area (Å²) >= 11 is 0. The maximum atomic E-state index is 12.3. The van der Waals surface area contributed by atoms with Crippen molar-refractivity contribution in [1.29, 1.82) is 0 Å². The van der Waals surface area contributed by atoms with Crippen molar-refractivity contribution in [2.75, 3.05) is 26.3 Å². The normalized spacial score (nSPS) is 24.6. The van der Waals surface area contributed by atoms with Gasteiger partial charge in [0.15, 0.2) is 0 Å². The monoisotopic (exact) mass is 378 g/mol. The molecule has 0 radical (unpaired) electrons. The largest absolute Gasteiger partial charge is 0.381 e. The molecule has 2 aliphatic heterocycles. The van der Waals surface area contributed by atoms with Gasteiger partial charge in [-0.15, -0.1) is 0 Å². The molecule has 6 nitrogen and oxygen atoms in total. The van der Waals surface area contributed by atoms with Crippen LogP contribution in [0.2, 0.25) is 0 Å². The average Bonchev–Trinajstić information content (AvgIpc) is 2.68. The summed E-state index contributed by atoms with van der Waals surface area (Å²) in [4.78, 5) is 26.1. The van der Waals surface area contributed by atoms with E-state index >= 15 is 0 Å². The Morgan fingerprint density at radius 1 is 1.30 bits per heavy atom. The number of hydrogen-bond acceptors (Lipinski definition) is 4. The number of carbonyl (C=O) groups is 2. The van der Waals surface area contributed by atoms with Gasteiger partial charge in [0.2, 0.25) is 5.91 Å². The first-order valence-electron chi connectivity index (χ1n) is 10.0. The van der Waals surface area contributed by atoms with E-state index < -0.39 is 5.91 Å². The number of carbonyl (C=O) groups excluding carboxylic acids is 2. The highest BCUT2D eigenvalue weighted by atomic mass is 16.5. The highest BCUT2D eigenvalue weighted by Crippen LogP contribution is 2.43. The second kappa shape index (κ2) is 8.40. The van der Waals surface area contributed by atoms with Gasteiger partial charge < -0.3 is 9.64 Å². The van der Waals surface area contributed by atoms with E-state index in [0.717, 1.165) is 52.0 Å². The van der Waals surface area contributed by atoms with Crippen molar-refractivity contribution in [1.82, 2.24) is 10.4 Å². The SMILES string of the molecule is CC.O=C(NO)c1ccc2c(c1)CC1(CCC(=O)N(CC3COC3)C1)CC2.[HH].[HH]. The van der Waals surface area contributed by atoms with Gasteiger partial charge in [0.25, 0.3) is 5.91 Å². The molecule has 2 N–H and O–H groups in total. The number of aryl methyl sites for hydroxylation is 1. The Labute approximate surface area is 163 Å². The number of likely N-dealkylation sites (tertiary alicyclic amines) is 1. The fraction of sp³-hybridized carbons (Fsp3) is 0.619. The minimum Gasteiger partial charge on any atom is -0.381 e. The van der Waals surface area contributed by atoms with Crippen molar-refractivity contribution in [2.24, 2.45) is 11.3 Å². The van der Waals surface area contributed by atoms with Crippen molar-refractivity contribution in [2.45, 2.75) is 46.0 Å². The summed E-state index contributed by atoms with van der Waals surface area (Å²) in [5.41, 5.74) is 4.74. The maximum Gasteiger partial charge on any atom is 0.274 e. The summed E-state index contributed by atoms with van der Waals surface area (Å²) in [6.45, 7) is 7.14. The van der Waals surface area contributed by atoms with Crippen molar-refractivity contribution in [3.05, 3.63) is 34.9 Å². The lowest BCUT2D eigenvalue weighted by atomic mass is 9.67. The molecule has 1 spiro atoms. The number of amides is 2. The number of hydroxylamine groups is 1. The molecule has 2 heterocycles. The third-order valence-corrected chi connectivity index (χ3v) is 5.99. The first kappa shape index (κ1) is 19.8. The lowest BCUT2D eigenvalue weighted by Crippen LogP contribution is -2.52. The standard InChI is InChI=1S/C19H24N2O4.C2H6.2H2/c22-17-4-6-19(12-21(17)9-13-10-25-11-13)5-3-14-1-2-15(18(23)20-24)7-16(14)8-19;1-2;;/h1-2,7,13,24H,3-6,8-12H2,(H,20,23);1-2H3;2*1H. The van der Waals surface area contributed by atoms with Crippen molar-refractivity contribution >= 4 is 11.8 Å². The van der Waals surface area contributed by atoms with Crippen LogP contribution in [0.5, 0.6) is 0 Å². The topological polar surface area (TPSA) is 78.9 Å². The van der Waals surface area contributed by atoms with E-state index in [1.165, 1.54) is 11.1 Å². The number of benzene rings is 1. The molecule has 1 unspecified atom stereocenters. The van der Waals surface area contributed by atoms with E-state index in [2.05, 4.69) is 0 Å². The fourth-order valence-corrected chi connectivity index (χ4v) is 4.45. The summed E-state index contributed by atoms with van der Waals surface area (Å²) in [6, 6.07) is 5.64. The first-order chi connectivity index (χ1) is 13.1. The number of fused-ring (bicyclic) bond motifs is 1. The van der Waals surface area contributed by atoms with Gasteiger partial charge in [-0.05, 0) is 54.4 Å². The molecule has 1 aromatic rings. The zero-order valence-electron chi connectivity index (χ0n) is 16.3. The van der Waals surface area contributed by atoms with Gasteiger partial charge in [0, 0.05) is 33.8 Å². The van der Waals surface area contributed by atoms with Gasteiger partial charge in [-0.2, -0.15) is 0 Å². The molecule has 0 aromatic heterocycles. The smallest absolute Gasteiger partial charge is 0.274 e. The number of nitrogens with one attached hydrogen (secondary N) is 1. The summed E-state index contributed by atoms with van der Waals surface area (Å²) < 4.78 is 5.25. The summed E-state index contributed by atoms with van der Waals surface area (Å²) in [5.74, 6) is 0.263. The maximum absolute atomic E-state index is 12.3. The van der Waals surface area contributed by atoms with Gasteiger partial charge in [0.05, 0.1) is 13.2 Å². The van der Waals surface area contributed by atoms with E-state index in [9.17, 15) is 9.59 Å². The van der Waals surface area contributed by atoms with Crippen LogP contribution in [-0.2, 0) is 22.4 Å². The first-order valence-corrected chi connectivity index (χ1v) is 10.0. The average molecular weight is 379 g/mol. The number of nitrogens with zero attached hydrogens (tertiary/aromatic N) is 1. The fourth-order valence-electron chi connectivity index (χ4n) is 4.45. The lowest BCUT2D eigenvalue weighted by molar-refractivity contribution is -0.142. The van der Waals surface area contributed by atoms with Crippen LogP contribution >= 0.6 is 0 Å². The Balaban J connectivity index is 0.00000102. The van der Waals surface area contributed by atoms with Gasteiger partial charge in [-0.3, -0.25) is 14.8 Å². The Hall–Kier alpha value is -1.92. The quantitative estimate of drug-likeness (QED) is 0.626. The Bertz CT molecular complexity index is 712. The predicted molar refractivity (Wildman–Crippen MR) is 106 cm³/mol. The predicted octanol–water partition coefficient (Wildman–Crippen LogP) is 3.07. The van der Waals surface area contributed by atoms with Crippen molar-refractivity contribution in [3.63, 3.8) is 0 Å². The number of rotatable bonds is 3. The minimum atomic E-state index is -0.479. The second-order valence-electron chi connectivity index (χ2n) is 7.78. The molecule has 4 rings (SSSR count). The Kier molecular flexibility index (Phi) is 6.17. The number of hydrogen-bond donors (Lipinski definition) is 2. The molecular weight excluding hydrogens is 344 g/mol. The van der Waals surface area contributed by atoms with E-state index in [1.807, 2.05) is 30.9 Å². The molecule has 2 fully saturated rings. The zero-order chi connectivity index (χ0) is 19.4. The second-order valence-corrected chi connectivity index (χ2v) is 7.78. The van der Waals surface area contributed by atoms with Crippen molar-refractivity contribution < 1.29 is 22.4 Å². The zero-order valence-corrected chi connectivity index (χ0v) is 16.3. The Morgan fingerprint density at radius 3 is 2.70 bits per heavy atom. The van der Waals surface area contributed by atoms with Crippen LogP contribution < -0.4 is 5.48 Å². The molecule has 1 aromatic carbocycles. The number of piperidine rings is 1. The third kappa shape index (κ3) is 4.17. The molecule has 1 atom stereocenters. The number of ether oxygens (including phenoxy) is 1. The molecule has 1 aliphatic carbocycles. The van der Waals surface area contributed by atoms with Crippen LogP contribution in [0.4, 0.5) is 0 Å². The molecule has 3 aliphatic rings. The molecule has 0 bridgehead atoms. The summed E-state index contributed by atoms with van der Waals surface area (Å²) in [7, 11) is 0. The molecule has 27 heavy (non-hydrogen) atoms. The van der Waals surface area contributed by atoms with Gasteiger partial charge in [-0.1, -0.05) is 19.9 Å². The highest BCUT2D eigenvalue weighted by Gasteiger charge is 2.41. The van der Waals surface area contributed by atoms with Gasteiger partial charge in [-0.25, -0.2) is 5.48 Å². The minimum absolute atomic E-state index is 0. The van der Waals surface area contributed by atoms with Crippen LogP contribution in [0, 0.1) is 11.3 Å². The van der Waals surface area contributed by atoms with Gasteiger partial charge in [0.1, 0.15) is 0 Å². The van der Waals surface area contributed by atoms with Crippen molar-refractivity contribution in [3.8, 4) is 0 Å². The summed E-state index contributed by atoms with van der Waals surface area (Å²) in [5, 5.41) is 8.86. The van der Waals surface area contributed by atoms with E-state index in [-0.39, 0.29) is 14.2 Å². The van der Waals surface area contributed by atoms with E-state index in [0.29, 0.717) is 17.9 Å². The summed E-state index contributed by atoms with van der Waals surface area (Å²) in [6.07, 6.45) is 4.47. The molecule has 0 saturated carbocycles. The Morgan fingerprint density at radius 2 is 2.04 bits per heavy atom. The molecular formula is C21H34N2O4. The third-order valence-electron chi connectivity index (χ3n) is 5.99.